The predicted molar refractivity (Wildman–Crippen MR) is 85.1 cm³/mol. The lowest BCUT2D eigenvalue weighted by molar-refractivity contribution is 0.321. The molecule has 0 bridgehead atoms. The first-order chi connectivity index (χ1) is 9.81. The highest BCUT2D eigenvalue weighted by molar-refractivity contribution is 5.27. The van der Waals surface area contributed by atoms with Crippen molar-refractivity contribution >= 4 is 0 Å². The molecular weight excluding hydrogens is 246 g/mol. The van der Waals surface area contributed by atoms with Gasteiger partial charge in [0.05, 0.1) is 11.7 Å². The van der Waals surface area contributed by atoms with Gasteiger partial charge in [-0.1, -0.05) is 40.0 Å². The minimum Gasteiger partial charge on any atom is -0.313 e. The van der Waals surface area contributed by atoms with Gasteiger partial charge in [0.2, 0.25) is 0 Å². The second kappa shape index (κ2) is 7.82. The Balaban J connectivity index is 2.22. The standard InChI is InChI=1S/C17H31N3/c1-4-12-18-13-15-16(5-2)19-20(17(15)6-3)14-10-8-7-9-11-14/h14,18H,4-13H2,1-3H3. The van der Waals surface area contributed by atoms with E-state index in [2.05, 4.69) is 30.8 Å². The third kappa shape index (κ3) is 3.43. The molecule has 20 heavy (non-hydrogen) atoms. The van der Waals surface area contributed by atoms with Gasteiger partial charge in [-0.15, -0.1) is 0 Å². The van der Waals surface area contributed by atoms with Crippen LogP contribution < -0.4 is 5.32 Å². The molecule has 1 aliphatic rings. The Morgan fingerprint density at radius 2 is 1.85 bits per heavy atom. The van der Waals surface area contributed by atoms with Gasteiger partial charge in [0.1, 0.15) is 0 Å². The highest BCUT2D eigenvalue weighted by atomic mass is 15.3. The fraction of sp³-hybridized carbons (Fsp3) is 0.824. The van der Waals surface area contributed by atoms with Gasteiger partial charge in [0.25, 0.3) is 0 Å². The Morgan fingerprint density at radius 3 is 2.45 bits per heavy atom. The first-order valence-corrected chi connectivity index (χ1v) is 8.61. The first-order valence-electron chi connectivity index (χ1n) is 8.61. The molecule has 1 aromatic rings. The van der Waals surface area contributed by atoms with Crippen molar-refractivity contribution in [2.45, 2.75) is 84.7 Å². The fourth-order valence-electron chi connectivity index (χ4n) is 3.44. The number of aryl methyl sites for hydroxylation is 1. The van der Waals surface area contributed by atoms with Gasteiger partial charge in [-0.05, 0) is 38.6 Å². The van der Waals surface area contributed by atoms with Crippen molar-refractivity contribution < 1.29 is 0 Å². The van der Waals surface area contributed by atoms with E-state index >= 15 is 0 Å². The number of nitrogens with zero attached hydrogens (tertiary/aromatic N) is 2. The zero-order valence-electron chi connectivity index (χ0n) is 13.5. The van der Waals surface area contributed by atoms with Crippen LogP contribution in [0.25, 0.3) is 0 Å². The van der Waals surface area contributed by atoms with E-state index in [1.165, 1.54) is 55.5 Å². The first kappa shape index (κ1) is 15.6. The van der Waals surface area contributed by atoms with E-state index < -0.39 is 0 Å². The van der Waals surface area contributed by atoms with Crippen molar-refractivity contribution in [3.63, 3.8) is 0 Å². The third-order valence-corrected chi connectivity index (χ3v) is 4.52. The van der Waals surface area contributed by atoms with Crippen LogP contribution in [-0.4, -0.2) is 16.3 Å². The Morgan fingerprint density at radius 1 is 1.10 bits per heavy atom. The molecule has 0 saturated heterocycles. The molecule has 3 heteroatoms. The van der Waals surface area contributed by atoms with E-state index in [0.717, 1.165) is 25.9 Å². The summed E-state index contributed by atoms with van der Waals surface area (Å²) in [5.74, 6) is 0. The maximum absolute atomic E-state index is 4.98. The minimum atomic E-state index is 0.656. The monoisotopic (exact) mass is 277 g/mol. The molecule has 1 saturated carbocycles. The van der Waals surface area contributed by atoms with Gasteiger partial charge in [-0.2, -0.15) is 5.10 Å². The van der Waals surface area contributed by atoms with Crippen LogP contribution >= 0.6 is 0 Å². The fourth-order valence-corrected chi connectivity index (χ4v) is 3.44. The van der Waals surface area contributed by atoms with Crippen LogP contribution in [0.5, 0.6) is 0 Å². The molecule has 114 valence electrons. The Bertz CT molecular complexity index is 403. The topological polar surface area (TPSA) is 29.9 Å². The lowest BCUT2D eigenvalue weighted by Gasteiger charge is -2.24. The zero-order chi connectivity index (χ0) is 14.4. The molecule has 0 spiro atoms. The Kier molecular flexibility index (Phi) is 6.08. The van der Waals surface area contributed by atoms with E-state index in [9.17, 15) is 0 Å². The van der Waals surface area contributed by atoms with Crippen LogP contribution in [-0.2, 0) is 19.4 Å². The second-order valence-corrected chi connectivity index (χ2v) is 5.99. The highest BCUT2D eigenvalue weighted by Crippen LogP contribution is 2.31. The van der Waals surface area contributed by atoms with Crippen LogP contribution in [0.4, 0.5) is 0 Å². The number of rotatable bonds is 7. The SMILES string of the molecule is CCCNCc1c(CC)nn(C2CCCCC2)c1CC. The second-order valence-electron chi connectivity index (χ2n) is 5.99. The summed E-state index contributed by atoms with van der Waals surface area (Å²) in [6.45, 7) is 8.82. The quantitative estimate of drug-likeness (QED) is 0.763. The van der Waals surface area contributed by atoms with Crippen LogP contribution in [0, 0.1) is 0 Å². The normalized spacial score (nSPS) is 16.8. The number of aromatic nitrogens is 2. The average Bonchev–Trinajstić information content (AvgIpc) is 2.86. The minimum absolute atomic E-state index is 0.656. The Hall–Kier alpha value is -0.830. The molecule has 0 unspecified atom stereocenters. The van der Waals surface area contributed by atoms with Crippen LogP contribution in [0.3, 0.4) is 0 Å². The average molecular weight is 277 g/mol. The molecule has 1 aromatic heterocycles. The molecular formula is C17H31N3. The summed E-state index contributed by atoms with van der Waals surface area (Å²) < 4.78 is 2.39. The summed E-state index contributed by atoms with van der Waals surface area (Å²) in [4.78, 5) is 0. The van der Waals surface area contributed by atoms with Gasteiger partial charge in [0, 0.05) is 17.8 Å². The molecule has 2 rings (SSSR count). The molecule has 0 radical (unpaired) electrons. The summed E-state index contributed by atoms with van der Waals surface area (Å²) in [5, 5.41) is 8.54. The lowest BCUT2D eigenvalue weighted by Crippen LogP contribution is -2.18. The smallest absolute Gasteiger partial charge is 0.0669 e. The number of hydrogen-bond acceptors (Lipinski definition) is 2. The van der Waals surface area contributed by atoms with Gasteiger partial charge in [-0.25, -0.2) is 0 Å². The summed E-state index contributed by atoms with van der Waals surface area (Å²) in [6.07, 6.45) is 10.1. The van der Waals surface area contributed by atoms with E-state index in [1.54, 1.807) is 0 Å². The molecule has 1 aliphatic carbocycles. The molecule has 1 N–H and O–H groups in total. The van der Waals surface area contributed by atoms with Gasteiger partial charge in [-0.3, -0.25) is 4.68 Å². The molecule has 3 nitrogen and oxygen atoms in total. The van der Waals surface area contributed by atoms with Crippen molar-refractivity contribution in [1.82, 2.24) is 15.1 Å². The van der Waals surface area contributed by atoms with E-state index in [0.29, 0.717) is 6.04 Å². The third-order valence-electron chi connectivity index (χ3n) is 4.52. The number of nitrogens with one attached hydrogen (secondary N) is 1. The molecule has 0 amide bonds. The summed E-state index contributed by atoms with van der Waals surface area (Å²) in [6, 6.07) is 0.656. The zero-order valence-corrected chi connectivity index (χ0v) is 13.5. The van der Waals surface area contributed by atoms with Crippen LogP contribution in [0.15, 0.2) is 0 Å². The van der Waals surface area contributed by atoms with Crippen molar-refractivity contribution in [3.05, 3.63) is 17.0 Å². The van der Waals surface area contributed by atoms with Crippen LogP contribution in [0.1, 0.15) is 82.3 Å². The maximum Gasteiger partial charge on any atom is 0.0669 e. The summed E-state index contributed by atoms with van der Waals surface area (Å²) in [5.41, 5.74) is 4.28. The molecule has 0 aliphatic heterocycles. The van der Waals surface area contributed by atoms with Crippen molar-refractivity contribution in [3.8, 4) is 0 Å². The van der Waals surface area contributed by atoms with E-state index in [1.807, 2.05) is 0 Å². The summed E-state index contributed by atoms with van der Waals surface area (Å²) in [7, 11) is 0. The maximum atomic E-state index is 4.98. The highest BCUT2D eigenvalue weighted by Gasteiger charge is 2.22. The molecule has 0 aromatic carbocycles. The van der Waals surface area contributed by atoms with Crippen molar-refractivity contribution in [1.29, 1.82) is 0 Å². The van der Waals surface area contributed by atoms with Crippen LogP contribution in [0.2, 0.25) is 0 Å². The van der Waals surface area contributed by atoms with E-state index in [4.69, 9.17) is 5.10 Å². The molecule has 0 atom stereocenters. The van der Waals surface area contributed by atoms with Crippen molar-refractivity contribution in [2.75, 3.05) is 6.54 Å². The lowest BCUT2D eigenvalue weighted by atomic mass is 9.95. The predicted octanol–water partition coefficient (Wildman–Crippen LogP) is 4.01. The Labute approximate surface area is 124 Å². The van der Waals surface area contributed by atoms with Crippen molar-refractivity contribution in [2.24, 2.45) is 0 Å². The number of hydrogen-bond donors (Lipinski definition) is 1. The molecule has 1 fully saturated rings. The summed E-state index contributed by atoms with van der Waals surface area (Å²) >= 11 is 0. The van der Waals surface area contributed by atoms with Gasteiger partial charge < -0.3 is 5.32 Å². The van der Waals surface area contributed by atoms with Gasteiger partial charge >= 0.3 is 0 Å². The largest absolute Gasteiger partial charge is 0.313 e. The van der Waals surface area contributed by atoms with Gasteiger partial charge in [0.15, 0.2) is 0 Å². The van der Waals surface area contributed by atoms with E-state index in [-0.39, 0.29) is 0 Å². The molecule has 1 heterocycles.